The second kappa shape index (κ2) is 5.72. The maximum Gasteiger partial charge on any atom is 0.102 e. The van der Waals surface area contributed by atoms with Gasteiger partial charge in [0.25, 0.3) is 0 Å². The molecule has 0 amide bonds. The normalized spacial score (nSPS) is 10.7. The van der Waals surface area contributed by atoms with Crippen LogP contribution in [0.1, 0.15) is 11.1 Å². The van der Waals surface area contributed by atoms with Crippen LogP contribution in [0.25, 0.3) is 5.52 Å². The average molecular weight is 314 g/mol. The van der Waals surface area contributed by atoms with Crippen molar-refractivity contribution in [3.63, 3.8) is 0 Å². The van der Waals surface area contributed by atoms with E-state index in [0.717, 1.165) is 16.0 Å². The first-order chi connectivity index (χ1) is 10.2. The predicted octanol–water partition coefficient (Wildman–Crippen LogP) is 4.34. The molecular formula is C16H12ClN3S. The van der Waals surface area contributed by atoms with Gasteiger partial charge >= 0.3 is 0 Å². The number of halogens is 1. The lowest BCUT2D eigenvalue weighted by atomic mass is 10.2. The van der Waals surface area contributed by atoms with Crippen LogP contribution in [0.4, 0.5) is 5.69 Å². The van der Waals surface area contributed by atoms with E-state index in [0.29, 0.717) is 22.0 Å². The van der Waals surface area contributed by atoms with Crippen molar-refractivity contribution in [1.29, 1.82) is 5.26 Å². The van der Waals surface area contributed by atoms with Gasteiger partial charge in [-0.3, -0.25) is 0 Å². The molecule has 104 valence electrons. The minimum atomic E-state index is 0.641. The third kappa shape index (κ3) is 2.58. The van der Waals surface area contributed by atoms with Crippen LogP contribution in [-0.2, 0) is 5.75 Å². The summed E-state index contributed by atoms with van der Waals surface area (Å²) in [6, 6.07) is 13.6. The molecule has 5 heteroatoms. The van der Waals surface area contributed by atoms with Crippen molar-refractivity contribution in [1.82, 2.24) is 4.40 Å². The highest BCUT2D eigenvalue weighted by Gasteiger charge is 2.12. The zero-order valence-corrected chi connectivity index (χ0v) is 12.7. The number of thioether (sulfide) groups is 1. The van der Waals surface area contributed by atoms with Crippen LogP contribution >= 0.6 is 23.4 Å². The van der Waals surface area contributed by atoms with Gasteiger partial charge in [-0.2, -0.15) is 5.26 Å². The molecule has 0 radical (unpaired) electrons. The summed E-state index contributed by atoms with van der Waals surface area (Å²) in [5.74, 6) is 0.651. The van der Waals surface area contributed by atoms with E-state index in [-0.39, 0.29) is 0 Å². The van der Waals surface area contributed by atoms with Gasteiger partial charge in [-0.15, -0.1) is 11.8 Å². The van der Waals surface area contributed by atoms with E-state index >= 15 is 0 Å². The first kappa shape index (κ1) is 13.9. The number of fused-ring (bicyclic) bond motifs is 1. The Hall–Kier alpha value is -2.09. The molecule has 3 aromatic rings. The molecule has 0 unspecified atom stereocenters. The van der Waals surface area contributed by atoms with E-state index in [1.54, 1.807) is 11.8 Å². The summed E-state index contributed by atoms with van der Waals surface area (Å²) in [6.45, 7) is 0. The molecule has 0 fully saturated rings. The first-order valence-corrected chi connectivity index (χ1v) is 7.72. The zero-order valence-electron chi connectivity index (χ0n) is 11.1. The van der Waals surface area contributed by atoms with Crippen LogP contribution in [0.5, 0.6) is 0 Å². The monoisotopic (exact) mass is 313 g/mol. The number of rotatable bonds is 3. The van der Waals surface area contributed by atoms with Crippen LogP contribution < -0.4 is 5.73 Å². The van der Waals surface area contributed by atoms with Crippen molar-refractivity contribution in [3.8, 4) is 6.07 Å². The van der Waals surface area contributed by atoms with E-state index < -0.39 is 0 Å². The summed E-state index contributed by atoms with van der Waals surface area (Å²) in [4.78, 5) is 0.860. The first-order valence-electron chi connectivity index (χ1n) is 6.36. The highest BCUT2D eigenvalue weighted by atomic mass is 35.5. The largest absolute Gasteiger partial charge is 0.398 e. The minimum absolute atomic E-state index is 0.641. The van der Waals surface area contributed by atoms with Gasteiger partial charge < -0.3 is 10.1 Å². The molecule has 0 aliphatic carbocycles. The molecule has 0 saturated carbocycles. The SMILES string of the molecule is N#Cc1c(CSc2c(N)cccc2Cl)cn2ccccc12. The third-order valence-corrected chi connectivity index (χ3v) is 4.87. The summed E-state index contributed by atoms with van der Waals surface area (Å²) in [6.07, 6.45) is 3.92. The van der Waals surface area contributed by atoms with Gasteiger partial charge in [0.15, 0.2) is 0 Å². The molecule has 2 N–H and O–H groups in total. The topological polar surface area (TPSA) is 54.2 Å². The van der Waals surface area contributed by atoms with E-state index in [2.05, 4.69) is 6.07 Å². The molecule has 0 atom stereocenters. The van der Waals surface area contributed by atoms with Gasteiger partial charge in [0.2, 0.25) is 0 Å². The number of anilines is 1. The van der Waals surface area contributed by atoms with Crippen LogP contribution in [-0.4, -0.2) is 4.40 Å². The fraction of sp³-hybridized carbons (Fsp3) is 0.0625. The maximum absolute atomic E-state index is 9.39. The summed E-state index contributed by atoms with van der Waals surface area (Å²) in [7, 11) is 0. The molecule has 0 saturated heterocycles. The fourth-order valence-corrected chi connectivity index (χ4v) is 3.55. The number of nitrogens with zero attached hydrogens (tertiary/aromatic N) is 2. The summed E-state index contributed by atoms with van der Waals surface area (Å²) >= 11 is 7.73. The average Bonchev–Trinajstić information content (AvgIpc) is 2.84. The van der Waals surface area contributed by atoms with Crippen LogP contribution in [0, 0.1) is 11.3 Å². The van der Waals surface area contributed by atoms with E-state index in [9.17, 15) is 5.26 Å². The Labute approximate surface area is 131 Å². The molecule has 2 aromatic heterocycles. The van der Waals surface area contributed by atoms with Crippen LogP contribution in [0.2, 0.25) is 5.02 Å². The Balaban J connectivity index is 1.94. The highest BCUT2D eigenvalue weighted by molar-refractivity contribution is 7.98. The van der Waals surface area contributed by atoms with E-state index in [4.69, 9.17) is 17.3 Å². The molecule has 0 spiro atoms. The second-order valence-electron chi connectivity index (χ2n) is 4.58. The molecule has 21 heavy (non-hydrogen) atoms. The van der Waals surface area contributed by atoms with Crippen molar-refractivity contribution >= 4 is 34.6 Å². The Kier molecular flexibility index (Phi) is 3.78. The number of aromatic nitrogens is 1. The number of hydrogen-bond acceptors (Lipinski definition) is 3. The Bertz CT molecular complexity index is 828. The summed E-state index contributed by atoms with van der Waals surface area (Å²) < 4.78 is 1.96. The quantitative estimate of drug-likeness (QED) is 0.578. The number of benzene rings is 1. The van der Waals surface area contributed by atoms with Gasteiger partial charge in [-0.05, 0) is 29.8 Å². The fourth-order valence-electron chi connectivity index (χ4n) is 2.24. The molecule has 1 aromatic carbocycles. The van der Waals surface area contributed by atoms with Gasteiger partial charge in [-0.1, -0.05) is 23.7 Å². The van der Waals surface area contributed by atoms with Crippen molar-refractivity contribution < 1.29 is 0 Å². The molecule has 3 rings (SSSR count). The van der Waals surface area contributed by atoms with Crippen LogP contribution in [0.15, 0.2) is 53.7 Å². The van der Waals surface area contributed by atoms with Gasteiger partial charge in [0.05, 0.1) is 16.1 Å². The Morgan fingerprint density at radius 3 is 2.86 bits per heavy atom. The van der Waals surface area contributed by atoms with Crippen LogP contribution in [0.3, 0.4) is 0 Å². The van der Waals surface area contributed by atoms with Gasteiger partial charge in [0.1, 0.15) is 6.07 Å². The molecule has 0 bridgehead atoms. The van der Waals surface area contributed by atoms with E-state index in [1.165, 1.54) is 0 Å². The Morgan fingerprint density at radius 2 is 2.10 bits per heavy atom. The molecular weight excluding hydrogens is 302 g/mol. The standard InChI is InChI=1S/C16H12ClN3S/c17-13-4-3-5-14(19)16(13)21-10-11-9-20-7-2-1-6-15(20)12(11)8-18/h1-7,9H,10,19H2. The van der Waals surface area contributed by atoms with E-state index in [1.807, 2.05) is 53.2 Å². The van der Waals surface area contributed by atoms with Gasteiger partial charge in [0, 0.05) is 28.7 Å². The predicted molar refractivity (Wildman–Crippen MR) is 87.5 cm³/mol. The third-order valence-electron chi connectivity index (χ3n) is 3.24. The zero-order chi connectivity index (χ0) is 14.8. The maximum atomic E-state index is 9.39. The highest BCUT2D eigenvalue weighted by Crippen LogP contribution is 2.35. The van der Waals surface area contributed by atoms with Crippen molar-refractivity contribution in [2.24, 2.45) is 0 Å². The second-order valence-corrected chi connectivity index (χ2v) is 5.97. The van der Waals surface area contributed by atoms with Gasteiger partial charge in [-0.25, -0.2) is 0 Å². The molecule has 0 aliphatic rings. The number of pyridine rings is 1. The lowest BCUT2D eigenvalue weighted by Gasteiger charge is -2.06. The summed E-state index contributed by atoms with van der Waals surface area (Å²) in [5.41, 5.74) is 9.22. The van der Waals surface area contributed by atoms with Crippen molar-refractivity contribution in [3.05, 3.63) is 64.9 Å². The van der Waals surface area contributed by atoms with Crippen molar-refractivity contribution in [2.45, 2.75) is 10.6 Å². The number of nitrogen functional groups attached to an aromatic ring is 1. The minimum Gasteiger partial charge on any atom is -0.398 e. The summed E-state index contributed by atoms with van der Waals surface area (Å²) in [5, 5.41) is 10.0. The number of nitrogens with two attached hydrogens (primary N) is 1. The lowest BCUT2D eigenvalue weighted by Crippen LogP contribution is -1.90. The molecule has 2 heterocycles. The molecule has 3 nitrogen and oxygen atoms in total. The smallest absolute Gasteiger partial charge is 0.102 e. The molecule has 0 aliphatic heterocycles. The van der Waals surface area contributed by atoms with Crippen molar-refractivity contribution in [2.75, 3.05) is 5.73 Å². The Morgan fingerprint density at radius 1 is 1.24 bits per heavy atom. The number of hydrogen-bond donors (Lipinski definition) is 1. The lowest BCUT2D eigenvalue weighted by molar-refractivity contribution is 1.18. The number of nitriles is 1.